The lowest BCUT2D eigenvalue weighted by Gasteiger charge is -2.22. The summed E-state index contributed by atoms with van der Waals surface area (Å²) in [6.07, 6.45) is 6.45. The SMILES string of the molecule is ClCCc1ncc(C2CCC2)o1. The third-order valence-electron chi connectivity index (χ3n) is 2.39. The van der Waals surface area contributed by atoms with Gasteiger partial charge in [-0.3, -0.25) is 0 Å². The van der Waals surface area contributed by atoms with Crippen LogP contribution in [0.15, 0.2) is 10.6 Å². The van der Waals surface area contributed by atoms with E-state index in [1.165, 1.54) is 19.3 Å². The van der Waals surface area contributed by atoms with Gasteiger partial charge in [-0.1, -0.05) is 6.42 Å². The van der Waals surface area contributed by atoms with Gasteiger partial charge >= 0.3 is 0 Å². The van der Waals surface area contributed by atoms with E-state index >= 15 is 0 Å². The van der Waals surface area contributed by atoms with Crippen LogP contribution in [-0.2, 0) is 6.42 Å². The van der Waals surface area contributed by atoms with Gasteiger partial charge in [-0.2, -0.15) is 0 Å². The molecule has 1 aromatic rings. The summed E-state index contributed by atoms with van der Waals surface area (Å²) in [5, 5.41) is 0. The Balaban J connectivity index is 2.02. The number of hydrogen-bond acceptors (Lipinski definition) is 2. The maximum atomic E-state index is 5.57. The maximum Gasteiger partial charge on any atom is 0.195 e. The van der Waals surface area contributed by atoms with Gasteiger partial charge in [0.25, 0.3) is 0 Å². The first-order valence-electron chi connectivity index (χ1n) is 4.40. The van der Waals surface area contributed by atoms with Gasteiger partial charge in [0.1, 0.15) is 5.76 Å². The number of hydrogen-bond donors (Lipinski definition) is 0. The minimum atomic E-state index is 0.588. The van der Waals surface area contributed by atoms with Crippen molar-refractivity contribution >= 4 is 11.6 Å². The zero-order valence-corrected chi connectivity index (χ0v) is 7.68. The predicted octanol–water partition coefficient (Wildman–Crippen LogP) is 2.72. The number of halogens is 1. The fraction of sp³-hybridized carbons (Fsp3) is 0.667. The molecule has 0 bridgehead atoms. The van der Waals surface area contributed by atoms with E-state index in [1.807, 2.05) is 6.20 Å². The van der Waals surface area contributed by atoms with Crippen molar-refractivity contribution in [3.05, 3.63) is 17.8 Å². The number of alkyl halides is 1. The van der Waals surface area contributed by atoms with Crippen LogP contribution in [0.2, 0.25) is 0 Å². The molecule has 1 aliphatic rings. The smallest absolute Gasteiger partial charge is 0.195 e. The second kappa shape index (κ2) is 3.48. The maximum absolute atomic E-state index is 5.57. The van der Waals surface area contributed by atoms with E-state index in [4.69, 9.17) is 16.0 Å². The van der Waals surface area contributed by atoms with Crippen LogP contribution in [0.4, 0.5) is 0 Å². The van der Waals surface area contributed by atoms with E-state index in [0.717, 1.165) is 18.1 Å². The number of aromatic nitrogens is 1. The van der Waals surface area contributed by atoms with Crippen molar-refractivity contribution in [3.8, 4) is 0 Å². The molecule has 1 aromatic heterocycles. The van der Waals surface area contributed by atoms with E-state index in [2.05, 4.69) is 4.98 Å². The fourth-order valence-corrected chi connectivity index (χ4v) is 1.56. The third-order valence-corrected chi connectivity index (χ3v) is 2.58. The highest BCUT2D eigenvalue weighted by Gasteiger charge is 2.23. The predicted molar refractivity (Wildman–Crippen MR) is 47.5 cm³/mol. The lowest BCUT2D eigenvalue weighted by atomic mass is 9.84. The van der Waals surface area contributed by atoms with Gasteiger partial charge in [0.15, 0.2) is 5.89 Å². The molecule has 0 N–H and O–H groups in total. The van der Waals surface area contributed by atoms with Crippen molar-refractivity contribution in [2.24, 2.45) is 0 Å². The van der Waals surface area contributed by atoms with E-state index in [1.54, 1.807) is 0 Å². The molecular weight excluding hydrogens is 174 g/mol. The van der Waals surface area contributed by atoms with Gasteiger partial charge in [-0.15, -0.1) is 11.6 Å². The molecule has 1 heterocycles. The van der Waals surface area contributed by atoms with Crippen LogP contribution in [0.1, 0.15) is 36.8 Å². The number of aryl methyl sites for hydroxylation is 1. The van der Waals surface area contributed by atoms with Crippen molar-refractivity contribution < 1.29 is 4.42 Å². The average molecular weight is 186 g/mol. The molecule has 0 atom stereocenters. The highest BCUT2D eigenvalue weighted by molar-refractivity contribution is 6.17. The molecule has 12 heavy (non-hydrogen) atoms. The Morgan fingerprint density at radius 3 is 3.00 bits per heavy atom. The second-order valence-electron chi connectivity index (χ2n) is 3.22. The zero-order valence-electron chi connectivity index (χ0n) is 6.92. The molecule has 0 radical (unpaired) electrons. The zero-order chi connectivity index (χ0) is 8.39. The highest BCUT2D eigenvalue weighted by atomic mass is 35.5. The summed E-state index contributed by atoms with van der Waals surface area (Å²) >= 11 is 5.57. The van der Waals surface area contributed by atoms with Crippen molar-refractivity contribution in [1.29, 1.82) is 0 Å². The molecule has 0 unspecified atom stereocenters. The van der Waals surface area contributed by atoms with Gasteiger partial charge in [-0.25, -0.2) is 4.98 Å². The molecule has 2 nitrogen and oxygen atoms in total. The first-order valence-corrected chi connectivity index (χ1v) is 4.94. The lowest BCUT2D eigenvalue weighted by molar-refractivity contribution is 0.335. The van der Waals surface area contributed by atoms with Crippen LogP contribution in [-0.4, -0.2) is 10.9 Å². The Kier molecular flexibility index (Phi) is 2.35. The standard InChI is InChI=1S/C9H12ClNO/c10-5-4-9-11-6-8(12-9)7-2-1-3-7/h6-7H,1-5H2. The van der Waals surface area contributed by atoms with Crippen LogP contribution in [0.5, 0.6) is 0 Å². The Labute approximate surface area is 76.9 Å². The molecule has 3 heteroatoms. The molecule has 1 fully saturated rings. The molecule has 1 aliphatic carbocycles. The van der Waals surface area contributed by atoms with Crippen molar-refractivity contribution in [2.75, 3.05) is 5.88 Å². The number of oxazole rings is 1. The topological polar surface area (TPSA) is 26.0 Å². The summed E-state index contributed by atoms with van der Waals surface area (Å²) in [5.74, 6) is 3.07. The van der Waals surface area contributed by atoms with Crippen LogP contribution >= 0.6 is 11.6 Å². The van der Waals surface area contributed by atoms with Crippen LogP contribution in [0, 0.1) is 0 Å². The first kappa shape index (κ1) is 8.11. The molecule has 0 aliphatic heterocycles. The molecular formula is C9H12ClNO. The largest absolute Gasteiger partial charge is 0.445 e. The third kappa shape index (κ3) is 1.48. The molecule has 0 saturated heterocycles. The summed E-state index contributed by atoms with van der Waals surface area (Å²) in [7, 11) is 0. The Morgan fingerprint density at radius 2 is 2.42 bits per heavy atom. The molecule has 1 saturated carbocycles. The molecule has 66 valence electrons. The van der Waals surface area contributed by atoms with Gasteiger partial charge < -0.3 is 4.42 Å². The normalized spacial score (nSPS) is 17.8. The average Bonchev–Trinajstić information content (AvgIpc) is 2.34. The summed E-state index contributed by atoms with van der Waals surface area (Å²) in [6.45, 7) is 0. The number of nitrogens with zero attached hydrogens (tertiary/aromatic N) is 1. The summed E-state index contributed by atoms with van der Waals surface area (Å²) in [5.41, 5.74) is 0. The first-order chi connectivity index (χ1) is 5.90. The van der Waals surface area contributed by atoms with Gasteiger partial charge in [0.2, 0.25) is 0 Å². The van der Waals surface area contributed by atoms with Crippen molar-refractivity contribution in [1.82, 2.24) is 4.98 Å². The van der Waals surface area contributed by atoms with Gasteiger partial charge in [0, 0.05) is 18.2 Å². The van der Waals surface area contributed by atoms with E-state index in [-0.39, 0.29) is 0 Å². The van der Waals surface area contributed by atoms with E-state index < -0.39 is 0 Å². The fourth-order valence-electron chi connectivity index (χ4n) is 1.40. The molecule has 2 rings (SSSR count). The highest BCUT2D eigenvalue weighted by Crippen LogP contribution is 2.36. The number of rotatable bonds is 3. The quantitative estimate of drug-likeness (QED) is 0.677. The summed E-state index contributed by atoms with van der Waals surface area (Å²) in [4.78, 5) is 4.16. The Bertz CT molecular complexity index is 255. The van der Waals surface area contributed by atoms with Gasteiger partial charge in [-0.05, 0) is 12.8 Å². The van der Waals surface area contributed by atoms with Gasteiger partial charge in [0.05, 0.1) is 6.20 Å². The van der Waals surface area contributed by atoms with Crippen molar-refractivity contribution in [2.45, 2.75) is 31.6 Å². The van der Waals surface area contributed by atoms with Crippen LogP contribution in [0.25, 0.3) is 0 Å². The molecule has 0 spiro atoms. The summed E-state index contributed by atoms with van der Waals surface area (Å²) in [6, 6.07) is 0. The van der Waals surface area contributed by atoms with E-state index in [0.29, 0.717) is 11.8 Å². The Hall–Kier alpha value is -0.500. The lowest BCUT2D eigenvalue weighted by Crippen LogP contribution is -2.07. The van der Waals surface area contributed by atoms with Crippen molar-refractivity contribution in [3.63, 3.8) is 0 Å². The molecule has 0 amide bonds. The minimum Gasteiger partial charge on any atom is -0.445 e. The molecule has 0 aromatic carbocycles. The second-order valence-corrected chi connectivity index (χ2v) is 3.60. The van der Waals surface area contributed by atoms with E-state index in [9.17, 15) is 0 Å². The minimum absolute atomic E-state index is 0.588. The summed E-state index contributed by atoms with van der Waals surface area (Å²) < 4.78 is 5.53. The monoisotopic (exact) mass is 185 g/mol. The Morgan fingerprint density at radius 1 is 1.58 bits per heavy atom. The van der Waals surface area contributed by atoms with Crippen LogP contribution in [0.3, 0.4) is 0 Å². The van der Waals surface area contributed by atoms with Crippen LogP contribution < -0.4 is 0 Å².